The van der Waals surface area contributed by atoms with E-state index in [1.165, 1.54) is 19.2 Å². The first-order valence-corrected chi connectivity index (χ1v) is 12.2. The van der Waals surface area contributed by atoms with E-state index in [0.29, 0.717) is 36.0 Å². The monoisotopic (exact) mass is 525 g/mol. The molecule has 2 aromatic carbocycles. The Labute approximate surface area is 217 Å². The van der Waals surface area contributed by atoms with Crippen molar-refractivity contribution in [2.75, 3.05) is 20.2 Å². The van der Waals surface area contributed by atoms with Crippen LogP contribution < -0.4 is 14.8 Å². The summed E-state index contributed by atoms with van der Waals surface area (Å²) in [7, 11) is 1.50. The lowest BCUT2D eigenvalue weighted by Crippen LogP contribution is -2.41. The van der Waals surface area contributed by atoms with Gasteiger partial charge in [0.1, 0.15) is 17.2 Å². The number of ether oxygens (including phenoxy) is 2. The summed E-state index contributed by atoms with van der Waals surface area (Å²) in [5.74, 6) is 0.743. The van der Waals surface area contributed by atoms with E-state index < -0.39 is 11.7 Å². The van der Waals surface area contributed by atoms with Crippen LogP contribution in [0.5, 0.6) is 17.4 Å². The van der Waals surface area contributed by atoms with Crippen LogP contribution in [0, 0.1) is 5.41 Å². The fourth-order valence-electron chi connectivity index (χ4n) is 4.84. The molecule has 38 heavy (non-hydrogen) atoms. The maximum atomic E-state index is 13.0. The predicted molar refractivity (Wildman–Crippen MR) is 132 cm³/mol. The van der Waals surface area contributed by atoms with E-state index in [4.69, 9.17) is 9.47 Å². The second-order valence-corrected chi connectivity index (χ2v) is 9.60. The molecule has 1 saturated carbocycles. The first-order valence-electron chi connectivity index (χ1n) is 12.2. The Bertz CT molecular complexity index is 1320. The molecule has 1 aliphatic heterocycles. The molecule has 2 heterocycles. The van der Waals surface area contributed by atoms with E-state index >= 15 is 0 Å². The van der Waals surface area contributed by atoms with E-state index in [2.05, 4.69) is 10.3 Å². The molecule has 1 unspecified atom stereocenters. The third-order valence-corrected chi connectivity index (χ3v) is 7.23. The minimum atomic E-state index is -4.41. The number of nitrogens with zero attached hydrogens (tertiary/aromatic N) is 2. The minimum Gasteiger partial charge on any atom is -0.481 e. The maximum Gasteiger partial charge on any atom is 0.416 e. The highest BCUT2D eigenvalue weighted by Crippen LogP contribution is 2.54. The van der Waals surface area contributed by atoms with E-state index in [1.807, 2.05) is 0 Å². The van der Waals surface area contributed by atoms with E-state index in [9.17, 15) is 22.8 Å². The van der Waals surface area contributed by atoms with Crippen LogP contribution in [0.1, 0.15) is 45.7 Å². The van der Waals surface area contributed by atoms with Crippen molar-refractivity contribution in [1.82, 2.24) is 15.2 Å². The van der Waals surface area contributed by atoms with Crippen LogP contribution >= 0.6 is 0 Å². The van der Waals surface area contributed by atoms with Crippen molar-refractivity contribution in [2.24, 2.45) is 5.41 Å². The summed E-state index contributed by atoms with van der Waals surface area (Å²) in [4.78, 5) is 31.6. The summed E-state index contributed by atoms with van der Waals surface area (Å²) in [6.07, 6.45) is -1.94. The lowest BCUT2D eigenvalue weighted by Gasteiger charge is -2.33. The van der Waals surface area contributed by atoms with Crippen LogP contribution in [-0.4, -0.2) is 47.9 Å². The van der Waals surface area contributed by atoms with Crippen molar-refractivity contribution in [3.63, 3.8) is 0 Å². The van der Waals surface area contributed by atoms with Gasteiger partial charge < -0.3 is 19.7 Å². The number of carbonyl (C=O) groups is 2. The quantitative estimate of drug-likeness (QED) is 0.471. The summed E-state index contributed by atoms with van der Waals surface area (Å²) in [6, 6.07) is 16.1. The number of benzene rings is 2. The smallest absolute Gasteiger partial charge is 0.416 e. The molecule has 1 spiro atoms. The summed E-state index contributed by atoms with van der Waals surface area (Å²) in [5.41, 5.74) is 0.0723. The van der Waals surface area contributed by atoms with E-state index in [0.717, 1.165) is 31.4 Å². The number of alkyl halides is 3. The van der Waals surface area contributed by atoms with Gasteiger partial charge in [-0.05, 0) is 79.3 Å². The van der Waals surface area contributed by atoms with Crippen molar-refractivity contribution in [3.05, 3.63) is 83.6 Å². The molecule has 2 fully saturated rings. The third-order valence-electron chi connectivity index (χ3n) is 7.23. The highest BCUT2D eigenvalue weighted by molar-refractivity contribution is 5.94. The molecule has 2 amide bonds. The molecule has 0 bridgehead atoms. The fraction of sp³-hybridized carbons (Fsp3) is 0.321. The number of nitrogens with one attached hydrogen (secondary N) is 1. The lowest BCUT2D eigenvalue weighted by atomic mass is 9.92. The molecule has 198 valence electrons. The number of pyridine rings is 1. The first kappa shape index (κ1) is 25.6. The lowest BCUT2D eigenvalue weighted by molar-refractivity contribution is -0.137. The van der Waals surface area contributed by atoms with Crippen molar-refractivity contribution in [1.29, 1.82) is 0 Å². The number of halogens is 3. The molecule has 1 N–H and O–H groups in total. The van der Waals surface area contributed by atoms with Gasteiger partial charge in [0.25, 0.3) is 11.8 Å². The first-order chi connectivity index (χ1) is 18.2. The number of carbonyl (C=O) groups excluding carboxylic acids is 2. The number of likely N-dealkylation sites (tertiary alicyclic amines) is 1. The molecule has 0 radical (unpaired) electrons. The Morgan fingerprint density at radius 2 is 1.61 bits per heavy atom. The molecule has 1 saturated heterocycles. The third kappa shape index (κ3) is 5.44. The zero-order chi connectivity index (χ0) is 26.9. The highest BCUT2D eigenvalue weighted by Gasteiger charge is 2.56. The van der Waals surface area contributed by atoms with Gasteiger partial charge in [-0.1, -0.05) is 6.07 Å². The molecule has 2 aliphatic rings. The van der Waals surface area contributed by atoms with Crippen LogP contribution in [0.3, 0.4) is 0 Å². The van der Waals surface area contributed by atoms with Crippen LogP contribution in [0.15, 0.2) is 66.7 Å². The number of aromatic nitrogens is 1. The van der Waals surface area contributed by atoms with Gasteiger partial charge >= 0.3 is 6.18 Å². The second kappa shape index (κ2) is 10.00. The predicted octanol–water partition coefficient (Wildman–Crippen LogP) is 5.33. The van der Waals surface area contributed by atoms with Crippen molar-refractivity contribution in [3.8, 4) is 17.4 Å². The van der Waals surface area contributed by atoms with Crippen molar-refractivity contribution in [2.45, 2.75) is 31.5 Å². The largest absolute Gasteiger partial charge is 0.481 e. The van der Waals surface area contributed by atoms with Crippen LogP contribution in [0.25, 0.3) is 0 Å². The van der Waals surface area contributed by atoms with Gasteiger partial charge in [0.2, 0.25) is 5.88 Å². The van der Waals surface area contributed by atoms with Crippen molar-refractivity contribution < 1.29 is 32.2 Å². The van der Waals surface area contributed by atoms with Gasteiger partial charge in [0.05, 0.1) is 12.7 Å². The van der Waals surface area contributed by atoms with E-state index in [1.54, 1.807) is 47.4 Å². The zero-order valence-electron chi connectivity index (χ0n) is 20.6. The molecule has 1 aromatic heterocycles. The van der Waals surface area contributed by atoms with Gasteiger partial charge in [0, 0.05) is 30.8 Å². The van der Waals surface area contributed by atoms with Crippen LogP contribution in [0.4, 0.5) is 13.2 Å². The maximum absolute atomic E-state index is 13.0. The molecule has 1 aliphatic carbocycles. The Balaban J connectivity index is 1.12. The molecular formula is C28H26F3N3O4. The second-order valence-electron chi connectivity index (χ2n) is 9.60. The van der Waals surface area contributed by atoms with Gasteiger partial charge in [0.15, 0.2) is 0 Å². The average Bonchev–Trinajstić information content (AvgIpc) is 3.59. The van der Waals surface area contributed by atoms with Gasteiger partial charge in [-0.25, -0.2) is 4.98 Å². The molecule has 3 aromatic rings. The number of piperidine rings is 1. The zero-order valence-corrected chi connectivity index (χ0v) is 20.6. The van der Waals surface area contributed by atoms with Gasteiger partial charge in [-0.2, -0.15) is 13.2 Å². The summed E-state index contributed by atoms with van der Waals surface area (Å²) >= 11 is 0. The number of hydrogen-bond donors (Lipinski definition) is 1. The summed E-state index contributed by atoms with van der Waals surface area (Å²) in [6.45, 7) is 1.18. The van der Waals surface area contributed by atoms with Gasteiger partial charge in [-0.15, -0.1) is 0 Å². The number of amides is 2. The standard InChI is InChI=1S/C28H26F3N3O4/c1-37-24-4-2-3-22(32-24)25(35)33-23-17-27(23)13-15-34(16-14-27)26(36)18-5-9-20(10-6-18)38-21-11-7-19(8-12-21)28(29,30)31/h2-12,23H,13-17H2,1H3,(H,33,35). The molecular weight excluding hydrogens is 499 g/mol. The minimum absolute atomic E-state index is 0.00463. The molecule has 1 atom stereocenters. The molecule has 10 heteroatoms. The Kier molecular flexibility index (Phi) is 6.73. The van der Waals surface area contributed by atoms with E-state index in [-0.39, 0.29) is 29.0 Å². The van der Waals surface area contributed by atoms with Crippen LogP contribution in [0.2, 0.25) is 0 Å². The fourth-order valence-corrected chi connectivity index (χ4v) is 4.84. The molecule has 5 rings (SSSR count). The topological polar surface area (TPSA) is 80.8 Å². The van der Waals surface area contributed by atoms with Gasteiger partial charge in [-0.3, -0.25) is 9.59 Å². The Hall–Kier alpha value is -4.08. The summed E-state index contributed by atoms with van der Waals surface area (Å²) in [5, 5.41) is 3.06. The van der Waals surface area contributed by atoms with Crippen molar-refractivity contribution >= 4 is 11.8 Å². The van der Waals surface area contributed by atoms with Crippen LogP contribution in [-0.2, 0) is 6.18 Å². The normalized spacial score (nSPS) is 18.1. The highest BCUT2D eigenvalue weighted by atomic mass is 19.4. The number of rotatable bonds is 6. The Morgan fingerprint density at radius 1 is 0.974 bits per heavy atom. The number of hydrogen-bond acceptors (Lipinski definition) is 5. The summed E-state index contributed by atoms with van der Waals surface area (Å²) < 4.78 is 48.9. The average molecular weight is 526 g/mol. The number of methoxy groups -OCH3 is 1. The SMILES string of the molecule is COc1cccc(C(=O)NC2CC23CCN(C(=O)c2ccc(Oc4ccc(C(F)(F)F)cc4)cc2)CC3)n1. The Morgan fingerprint density at radius 3 is 2.21 bits per heavy atom. The molecule has 7 nitrogen and oxygen atoms in total.